The predicted octanol–water partition coefficient (Wildman–Crippen LogP) is 0.0533. The number of rotatable bonds is 3. The highest BCUT2D eigenvalue weighted by atomic mass is 32.2. The Labute approximate surface area is 159 Å². The molecule has 1 N–H and O–H groups in total. The van der Waals surface area contributed by atoms with Gasteiger partial charge in [0, 0.05) is 30.1 Å². The molecule has 3 aliphatic rings. The third-order valence-corrected chi connectivity index (χ3v) is 4.15. The first-order valence-electron chi connectivity index (χ1n) is 7.87. The third kappa shape index (κ3) is 5.60. The van der Waals surface area contributed by atoms with E-state index < -0.39 is 16.6 Å². The summed E-state index contributed by atoms with van der Waals surface area (Å²) in [6.45, 7) is 12.0. The van der Waals surface area contributed by atoms with Crippen molar-refractivity contribution in [3.63, 3.8) is 0 Å². The van der Waals surface area contributed by atoms with Crippen LogP contribution in [-0.2, 0) is 35.7 Å². The van der Waals surface area contributed by atoms with Crippen molar-refractivity contribution in [1.29, 1.82) is 0 Å². The van der Waals surface area contributed by atoms with Crippen LogP contribution in [0.2, 0.25) is 0 Å². The van der Waals surface area contributed by atoms with E-state index in [2.05, 4.69) is 27.2 Å². The van der Waals surface area contributed by atoms with E-state index in [-0.39, 0.29) is 5.88 Å². The van der Waals surface area contributed by atoms with Crippen molar-refractivity contribution in [3.05, 3.63) is 18.6 Å². The van der Waals surface area contributed by atoms with Crippen molar-refractivity contribution >= 4 is 36.3 Å². The Bertz CT molecular complexity index is 646. The number of hydrogen-bond acceptors (Lipinski definition) is 10. The van der Waals surface area contributed by atoms with Crippen LogP contribution in [0.5, 0.6) is 0 Å². The van der Waals surface area contributed by atoms with Gasteiger partial charge in [0.15, 0.2) is 5.82 Å². The zero-order chi connectivity index (χ0) is 20.3. The van der Waals surface area contributed by atoms with Gasteiger partial charge >= 0.3 is 0 Å². The lowest BCUT2D eigenvalue weighted by molar-refractivity contribution is -0.0987. The largest absolute Gasteiger partial charge is 0.379 e. The molecule has 27 heavy (non-hydrogen) atoms. The molecule has 0 bridgehead atoms. The molecule has 4 heterocycles. The van der Waals surface area contributed by atoms with Gasteiger partial charge in [0.2, 0.25) is 0 Å². The number of carbonyl (C=O) groups excluding carboxylic acids is 2. The van der Waals surface area contributed by atoms with E-state index in [4.69, 9.17) is 19.1 Å². The molecule has 0 aromatic carbocycles. The maximum absolute atomic E-state index is 11.3. The molecule has 1 spiro atoms. The standard InChI is InChI=1S/C9H11N5O2S.C4H9NO.2CH2O/c1-3-7-8-11-12-14(6-17(2)15)9(4-16-9)13(8)5-10-7;1-3-6-4-2-5-1;2*1-2/h3,5H,1,4,6H2,2H3;5H,1-4H2;2*1H2. The minimum absolute atomic E-state index is 0.282. The Morgan fingerprint density at radius 1 is 1.33 bits per heavy atom. The molecule has 0 aliphatic carbocycles. The first-order chi connectivity index (χ1) is 13.2. The molecular formula is C15H24N6O5S. The molecule has 2 atom stereocenters. The topological polar surface area (TPSA) is 131 Å². The van der Waals surface area contributed by atoms with E-state index in [0.29, 0.717) is 18.1 Å². The number of carbonyl (C=O) groups is 2. The molecule has 4 rings (SSSR count). The van der Waals surface area contributed by atoms with Gasteiger partial charge in [-0.2, -0.15) is 0 Å². The summed E-state index contributed by atoms with van der Waals surface area (Å²) < 4.78 is 23.5. The second-order valence-electron chi connectivity index (χ2n) is 5.21. The molecule has 2 fully saturated rings. The number of aromatic nitrogens is 2. The smallest absolute Gasteiger partial charge is 0.270 e. The quantitative estimate of drug-likeness (QED) is 0.705. The summed E-state index contributed by atoms with van der Waals surface area (Å²) in [5.41, 5.74) is 0.667. The fourth-order valence-corrected chi connectivity index (χ4v) is 2.91. The van der Waals surface area contributed by atoms with Crippen LogP contribution in [0.4, 0.5) is 5.82 Å². The Morgan fingerprint density at radius 3 is 2.37 bits per heavy atom. The molecule has 2 saturated heterocycles. The Hall–Kier alpha value is -2.28. The molecule has 1 aromatic rings. The number of nitrogens with zero attached hydrogens (tertiary/aromatic N) is 5. The molecule has 2 unspecified atom stereocenters. The lowest BCUT2D eigenvalue weighted by Crippen LogP contribution is -2.40. The van der Waals surface area contributed by atoms with Gasteiger partial charge in [-0.15, -0.1) is 5.11 Å². The minimum atomic E-state index is -1.00. The van der Waals surface area contributed by atoms with E-state index >= 15 is 0 Å². The van der Waals surface area contributed by atoms with Crippen molar-refractivity contribution in [3.8, 4) is 0 Å². The fourth-order valence-electron chi connectivity index (χ4n) is 2.31. The zero-order valence-electron chi connectivity index (χ0n) is 15.2. The van der Waals surface area contributed by atoms with E-state index in [1.54, 1.807) is 28.2 Å². The number of hydrogen-bond donors (Lipinski definition) is 1. The van der Waals surface area contributed by atoms with Gasteiger partial charge in [0.05, 0.1) is 13.2 Å². The van der Waals surface area contributed by atoms with Gasteiger partial charge < -0.3 is 24.4 Å². The fraction of sp³-hybridized carbons (Fsp3) is 0.533. The van der Waals surface area contributed by atoms with Gasteiger partial charge in [-0.1, -0.05) is 11.8 Å². The second kappa shape index (κ2) is 11.4. The summed E-state index contributed by atoms with van der Waals surface area (Å²) in [6, 6.07) is 0. The van der Waals surface area contributed by atoms with Gasteiger partial charge in [-0.05, 0) is 6.08 Å². The molecule has 1 aromatic heterocycles. The van der Waals surface area contributed by atoms with Crippen LogP contribution in [0.25, 0.3) is 6.08 Å². The molecule has 0 amide bonds. The number of morpholine rings is 1. The van der Waals surface area contributed by atoms with Crippen molar-refractivity contribution in [1.82, 2.24) is 19.9 Å². The first-order valence-corrected chi connectivity index (χ1v) is 9.60. The third-order valence-electron chi connectivity index (χ3n) is 3.54. The zero-order valence-corrected chi connectivity index (χ0v) is 16.0. The number of epoxide rings is 1. The average Bonchev–Trinajstić information content (AvgIpc) is 3.40. The van der Waals surface area contributed by atoms with Gasteiger partial charge in [-0.25, -0.2) is 9.99 Å². The molecule has 12 heteroatoms. The van der Waals surface area contributed by atoms with Crippen molar-refractivity contribution < 1.29 is 23.3 Å². The van der Waals surface area contributed by atoms with Crippen molar-refractivity contribution in [2.45, 2.75) is 5.85 Å². The molecule has 0 saturated carbocycles. The highest BCUT2D eigenvalue weighted by Gasteiger charge is 2.56. The highest BCUT2D eigenvalue weighted by Crippen LogP contribution is 2.44. The summed E-state index contributed by atoms with van der Waals surface area (Å²) in [4.78, 5) is 20.2. The Morgan fingerprint density at radius 2 is 1.96 bits per heavy atom. The monoisotopic (exact) mass is 400 g/mol. The van der Waals surface area contributed by atoms with Crippen LogP contribution in [0.15, 0.2) is 23.2 Å². The number of nitrogens with one attached hydrogen (secondary N) is 1. The summed E-state index contributed by atoms with van der Waals surface area (Å²) >= 11 is 0. The molecular weight excluding hydrogens is 376 g/mol. The predicted molar refractivity (Wildman–Crippen MR) is 99.5 cm³/mol. The van der Waals surface area contributed by atoms with Crippen LogP contribution >= 0.6 is 0 Å². The second-order valence-corrected chi connectivity index (χ2v) is 6.62. The van der Waals surface area contributed by atoms with E-state index in [9.17, 15) is 4.21 Å². The van der Waals surface area contributed by atoms with Crippen molar-refractivity contribution in [2.75, 3.05) is 45.0 Å². The Balaban J connectivity index is 0.000000306. The van der Waals surface area contributed by atoms with Gasteiger partial charge in [-0.3, -0.25) is 8.78 Å². The summed E-state index contributed by atoms with van der Waals surface area (Å²) in [5.74, 6) is 0.220. The number of ether oxygens (including phenoxy) is 2. The lowest BCUT2D eigenvalue weighted by atomic mass is 10.4. The highest BCUT2D eigenvalue weighted by molar-refractivity contribution is 7.84. The molecule has 0 radical (unpaired) electrons. The number of imidazole rings is 1. The number of fused-ring (bicyclic) bond motifs is 2. The maximum atomic E-state index is 11.3. The van der Waals surface area contributed by atoms with Gasteiger partial charge in [0.25, 0.3) is 5.85 Å². The molecule has 3 aliphatic heterocycles. The van der Waals surface area contributed by atoms with E-state index in [1.165, 1.54) is 0 Å². The Kier molecular flexibility index (Phi) is 9.64. The van der Waals surface area contributed by atoms with E-state index in [1.807, 2.05) is 13.6 Å². The van der Waals surface area contributed by atoms with Crippen LogP contribution in [0, 0.1) is 0 Å². The van der Waals surface area contributed by atoms with Gasteiger partial charge in [0.1, 0.15) is 38.1 Å². The summed E-state index contributed by atoms with van der Waals surface area (Å²) in [5, 5.41) is 12.8. The summed E-state index contributed by atoms with van der Waals surface area (Å²) in [6.07, 6.45) is 4.88. The van der Waals surface area contributed by atoms with Crippen LogP contribution < -0.4 is 5.32 Å². The molecule has 150 valence electrons. The summed E-state index contributed by atoms with van der Waals surface area (Å²) in [7, 11) is -1.00. The lowest BCUT2D eigenvalue weighted by Gasteiger charge is -2.28. The van der Waals surface area contributed by atoms with Crippen LogP contribution in [-0.4, -0.2) is 77.4 Å². The maximum Gasteiger partial charge on any atom is 0.270 e. The van der Waals surface area contributed by atoms with Crippen molar-refractivity contribution in [2.24, 2.45) is 10.3 Å². The van der Waals surface area contributed by atoms with E-state index in [0.717, 1.165) is 26.3 Å². The minimum Gasteiger partial charge on any atom is -0.379 e. The normalized spacial score (nSPS) is 22.6. The average molecular weight is 400 g/mol. The molecule has 11 nitrogen and oxygen atoms in total. The van der Waals surface area contributed by atoms with Crippen LogP contribution in [0.3, 0.4) is 0 Å². The van der Waals surface area contributed by atoms with Crippen LogP contribution in [0.1, 0.15) is 5.69 Å². The SMILES string of the molecule is C1COCCN1.C=Cc1ncn2c1N=NN(CS(C)=O)C21CO1.C=O.C=O. The first kappa shape index (κ1) is 22.8.